The summed E-state index contributed by atoms with van der Waals surface area (Å²) in [5.74, 6) is 0.466. The van der Waals surface area contributed by atoms with E-state index in [1.807, 2.05) is 43.3 Å². The zero-order valence-corrected chi connectivity index (χ0v) is 13.0. The van der Waals surface area contributed by atoms with Crippen molar-refractivity contribution in [1.29, 1.82) is 0 Å². The second-order valence-electron chi connectivity index (χ2n) is 5.17. The number of hydrogen-bond donors (Lipinski definition) is 1. The Morgan fingerprint density at radius 3 is 2.73 bits per heavy atom. The molecular formula is C17H21N3O2. The van der Waals surface area contributed by atoms with Crippen LogP contribution >= 0.6 is 0 Å². The van der Waals surface area contributed by atoms with E-state index < -0.39 is 0 Å². The van der Waals surface area contributed by atoms with Gasteiger partial charge in [0.05, 0.1) is 6.54 Å². The van der Waals surface area contributed by atoms with E-state index in [2.05, 4.69) is 16.9 Å². The highest BCUT2D eigenvalue weighted by molar-refractivity contribution is 5.75. The van der Waals surface area contributed by atoms with Crippen LogP contribution in [0.5, 0.6) is 0 Å². The molecule has 116 valence electrons. The lowest BCUT2D eigenvalue weighted by Crippen LogP contribution is -2.22. The van der Waals surface area contributed by atoms with Gasteiger partial charge in [0, 0.05) is 31.8 Å². The molecule has 0 radical (unpaired) electrons. The Bertz CT molecular complexity index is 630. The Hall–Kier alpha value is -2.56. The van der Waals surface area contributed by atoms with Crippen LogP contribution in [-0.4, -0.2) is 25.0 Å². The highest BCUT2D eigenvalue weighted by Crippen LogP contribution is 2.21. The van der Waals surface area contributed by atoms with E-state index >= 15 is 0 Å². The number of carbonyl (C=O) groups is 1. The maximum atomic E-state index is 11.5. The zero-order chi connectivity index (χ0) is 15.9. The van der Waals surface area contributed by atoms with Crippen molar-refractivity contribution in [3.05, 3.63) is 49.1 Å². The SMILES string of the molecule is C=CCCC(=O)NCc1nc(-c2ccc(N(C)C)cc2)co1. The lowest BCUT2D eigenvalue weighted by atomic mass is 10.1. The van der Waals surface area contributed by atoms with Crippen molar-refractivity contribution in [2.24, 2.45) is 0 Å². The number of hydrogen-bond acceptors (Lipinski definition) is 4. The fourth-order valence-electron chi connectivity index (χ4n) is 1.95. The lowest BCUT2D eigenvalue weighted by Gasteiger charge is -2.11. The van der Waals surface area contributed by atoms with Gasteiger partial charge in [-0.25, -0.2) is 4.98 Å². The maximum absolute atomic E-state index is 11.5. The molecule has 0 atom stereocenters. The summed E-state index contributed by atoms with van der Waals surface area (Å²) in [5.41, 5.74) is 2.88. The molecule has 0 saturated heterocycles. The topological polar surface area (TPSA) is 58.4 Å². The van der Waals surface area contributed by atoms with Gasteiger partial charge in [0.25, 0.3) is 0 Å². The number of anilines is 1. The summed E-state index contributed by atoms with van der Waals surface area (Å²) in [6, 6.07) is 8.06. The molecule has 0 spiro atoms. The molecule has 2 rings (SSSR count). The maximum Gasteiger partial charge on any atom is 0.220 e. The van der Waals surface area contributed by atoms with E-state index in [1.54, 1.807) is 12.3 Å². The second kappa shape index (κ2) is 7.45. The molecule has 1 aromatic carbocycles. The largest absolute Gasteiger partial charge is 0.446 e. The lowest BCUT2D eigenvalue weighted by molar-refractivity contribution is -0.121. The minimum absolute atomic E-state index is 0.0324. The first-order valence-electron chi connectivity index (χ1n) is 7.20. The van der Waals surface area contributed by atoms with Crippen LogP contribution < -0.4 is 10.2 Å². The summed E-state index contributed by atoms with van der Waals surface area (Å²) in [5, 5.41) is 2.77. The molecule has 1 heterocycles. The number of benzene rings is 1. The minimum Gasteiger partial charge on any atom is -0.446 e. The fraction of sp³-hybridized carbons (Fsp3) is 0.294. The molecule has 0 bridgehead atoms. The van der Waals surface area contributed by atoms with E-state index in [-0.39, 0.29) is 5.91 Å². The Morgan fingerprint density at radius 1 is 1.36 bits per heavy atom. The van der Waals surface area contributed by atoms with Crippen LogP contribution in [0.1, 0.15) is 18.7 Å². The fourth-order valence-corrected chi connectivity index (χ4v) is 1.95. The average molecular weight is 299 g/mol. The average Bonchev–Trinajstić information content (AvgIpc) is 3.00. The molecule has 0 aliphatic rings. The number of oxazole rings is 1. The molecule has 5 nitrogen and oxygen atoms in total. The third kappa shape index (κ3) is 4.22. The highest BCUT2D eigenvalue weighted by Gasteiger charge is 2.08. The zero-order valence-electron chi connectivity index (χ0n) is 13.0. The van der Waals surface area contributed by atoms with E-state index in [1.165, 1.54) is 0 Å². The van der Waals surface area contributed by atoms with Crippen LogP contribution in [0.25, 0.3) is 11.3 Å². The Kier molecular flexibility index (Phi) is 5.36. The standard InChI is InChI=1S/C17H21N3O2/c1-4-5-6-16(21)18-11-17-19-15(12-22-17)13-7-9-14(10-8-13)20(2)3/h4,7-10,12H,1,5-6,11H2,2-3H3,(H,18,21). The summed E-state index contributed by atoms with van der Waals surface area (Å²) < 4.78 is 5.40. The predicted molar refractivity (Wildman–Crippen MR) is 87.5 cm³/mol. The molecule has 0 fully saturated rings. The number of nitrogens with zero attached hydrogens (tertiary/aromatic N) is 2. The van der Waals surface area contributed by atoms with Gasteiger partial charge in [0.1, 0.15) is 12.0 Å². The molecule has 2 aromatic rings. The van der Waals surface area contributed by atoms with E-state index in [9.17, 15) is 4.79 Å². The first-order chi connectivity index (χ1) is 10.6. The third-order valence-corrected chi connectivity index (χ3v) is 3.24. The normalized spacial score (nSPS) is 10.3. The quantitative estimate of drug-likeness (QED) is 0.799. The molecule has 22 heavy (non-hydrogen) atoms. The van der Waals surface area contributed by atoms with Gasteiger partial charge in [-0.15, -0.1) is 6.58 Å². The number of carbonyl (C=O) groups excluding carboxylic acids is 1. The highest BCUT2D eigenvalue weighted by atomic mass is 16.3. The summed E-state index contributed by atoms with van der Waals surface area (Å²) in [6.45, 7) is 3.89. The Balaban J connectivity index is 1.96. The van der Waals surface area contributed by atoms with Gasteiger partial charge in [-0.05, 0) is 18.6 Å². The molecule has 1 aromatic heterocycles. The van der Waals surface area contributed by atoms with Crippen molar-refractivity contribution in [2.45, 2.75) is 19.4 Å². The Labute approximate surface area is 130 Å². The Morgan fingerprint density at radius 2 is 2.09 bits per heavy atom. The van der Waals surface area contributed by atoms with Gasteiger partial charge in [0.15, 0.2) is 0 Å². The van der Waals surface area contributed by atoms with Crippen LogP contribution in [0, 0.1) is 0 Å². The van der Waals surface area contributed by atoms with Crippen LogP contribution in [-0.2, 0) is 11.3 Å². The van der Waals surface area contributed by atoms with Crippen molar-refractivity contribution in [3.63, 3.8) is 0 Å². The summed E-state index contributed by atoms with van der Waals surface area (Å²) in [4.78, 5) is 18.0. The van der Waals surface area contributed by atoms with Crippen LogP contribution in [0.15, 0.2) is 47.6 Å². The molecule has 0 unspecified atom stereocenters. The van der Waals surface area contributed by atoms with E-state index in [0.717, 1.165) is 16.9 Å². The minimum atomic E-state index is -0.0324. The molecular weight excluding hydrogens is 278 g/mol. The number of nitrogens with one attached hydrogen (secondary N) is 1. The first-order valence-corrected chi connectivity index (χ1v) is 7.20. The third-order valence-electron chi connectivity index (χ3n) is 3.24. The van der Waals surface area contributed by atoms with E-state index in [4.69, 9.17) is 4.42 Å². The molecule has 0 saturated carbocycles. The smallest absolute Gasteiger partial charge is 0.220 e. The van der Waals surface area contributed by atoms with Crippen LogP contribution in [0.4, 0.5) is 5.69 Å². The van der Waals surface area contributed by atoms with Gasteiger partial charge in [-0.2, -0.15) is 0 Å². The molecule has 0 aliphatic heterocycles. The van der Waals surface area contributed by atoms with Gasteiger partial charge in [-0.3, -0.25) is 4.79 Å². The van der Waals surface area contributed by atoms with Crippen LogP contribution in [0.3, 0.4) is 0 Å². The van der Waals surface area contributed by atoms with Crippen molar-refractivity contribution < 1.29 is 9.21 Å². The van der Waals surface area contributed by atoms with Crippen molar-refractivity contribution in [3.8, 4) is 11.3 Å². The predicted octanol–water partition coefficient (Wildman–Crippen LogP) is 2.99. The van der Waals surface area contributed by atoms with E-state index in [0.29, 0.717) is 25.3 Å². The molecule has 1 N–H and O–H groups in total. The molecule has 5 heteroatoms. The van der Waals surface area contributed by atoms with Gasteiger partial charge in [-0.1, -0.05) is 18.2 Å². The van der Waals surface area contributed by atoms with Crippen molar-refractivity contribution >= 4 is 11.6 Å². The van der Waals surface area contributed by atoms with Crippen molar-refractivity contribution in [1.82, 2.24) is 10.3 Å². The number of amides is 1. The first kappa shape index (κ1) is 15.8. The summed E-state index contributed by atoms with van der Waals surface area (Å²) in [7, 11) is 4.00. The summed E-state index contributed by atoms with van der Waals surface area (Å²) >= 11 is 0. The second-order valence-corrected chi connectivity index (χ2v) is 5.17. The van der Waals surface area contributed by atoms with Crippen molar-refractivity contribution in [2.75, 3.05) is 19.0 Å². The van der Waals surface area contributed by atoms with Gasteiger partial charge < -0.3 is 14.6 Å². The van der Waals surface area contributed by atoms with Gasteiger partial charge >= 0.3 is 0 Å². The molecule has 1 amide bonds. The van der Waals surface area contributed by atoms with Gasteiger partial charge in [0.2, 0.25) is 11.8 Å². The summed E-state index contributed by atoms with van der Waals surface area (Å²) in [6.07, 6.45) is 4.43. The monoisotopic (exact) mass is 299 g/mol. The molecule has 0 aliphatic carbocycles. The number of allylic oxidation sites excluding steroid dienone is 1. The van der Waals surface area contributed by atoms with Crippen LogP contribution in [0.2, 0.25) is 0 Å². The number of rotatable bonds is 7. The number of aromatic nitrogens is 1.